The number of rotatable bonds is 7. The predicted molar refractivity (Wildman–Crippen MR) is 77.1 cm³/mol. The third-order valence-corrected chi connectivity index (χ3v) is 2.98. The highest BCUT2D eigenvalue weighted by Gasteiger charge is 2.20. The first-order valence-corrected chi connectivity index (χ1v) is 6.62. The second-order valence-electron chi connectivity index (χ2n) is 4.71. The Balaban J connectivity index is 2.51. The van der Waals surface area contributed by atoms with Crippen LogP contribution in [0.25, 0.3) is 0 Å². The first kappa shape index (κ1) is 16.2. The maximum atomic E-state index is 11.8. The molecule has 0 heterocycles. The molecule has 0 aliphatic rings. The van der Waals surface area contributed by atoms with Crippen molar-refractivity contribution in [3.63, 3.8) is 0 Å². The fourth-order valence-electron chi connectivity index (χ4n) is 1.81. The lowest BCUT2D eigenvalue weighted by Gasteiger charge is -2.17. The van der Waals surface area contributed by atoms with E-state index in [1.54, 1.807) is 19.0 Å². The van der Waals surface area contributed by atoms with Gasteiger partial charge in [0.15, 0.2) is 0 Å². The van der Waals surface area contributed by atoms with Gasteiger partial charge in [0.2, 0.25) is 5.91 Å². The molecule has 1 atom stereocenters. The standard InChI is InChI=1S/C15H22N2O3/c1-17(2)13(18)10-7-11-16-14(15(19)20-3)12-8-5-4-6-9-12/h4-6,8-9,14,16H,7,10-11H2,1-3H3. The first-order chi connectivity index (χ1) is 9.56. The molecule has 0 aliphatic heterocycles. The molecule has 1 rings (SSSR count). The minimum atomic E-state index is -0.490. The van der Waals surface area contributed by atoms with E-state index in [-0.39, 0.29) is 11.9 Å². The Morgan fingerprint density at radius 1 is 1.25 bits per heavy atom. The van der Waals surface area contributed by atoms with E-state index in [0.29, 0.717) is 19.4 Å². The number of carbonyl (C=O) groups excluding carboxylic acids is 2. The molecule has 20 heavy (non-hydrogen) atoms. The van der Waals surface area contributed by atoms with Gasteiger partial charge in [-0.3, -0.25) is 4.79 Å². The number of hydrogen-bond acceptors (Lipinski definition) is 4. The zero-order valence-electron chi connectivity index (χ0n) is 12.3. The number of methoxy groups -OCH3 is 1. The summed E-state index contributed by atoms with van der Waals surface area (Å²) in [4.78, 5) is 24.8. The van der Waals surface area contributed by atoms with Crippen molar-refractivity contribution in [1.82, 2.24) is 10.2 Å². The average molecular weight is 278 g/mol. The second kappa shape index (κ2) is 8.32. The van der Waals surface area contributed by atoms with E-state index in [9.17, 15) is 9.59 Å². The maximum Gasteiger partial charge on any atom is 0.327 e. The lowest BCUT2D eigenvalue weighted by Crippen LogP contribution is -2.31. The van der Waals surface area contributed by atoms with E-state index in [4.69, 9.17) is 4.74 Å². The molecule has 0 saturated carbocycles. The van der Waals surface area contributed by atoms with Crippen LogP contribution in [0.3, 0.4) is 0 Å². The van der Waals surface area contributed by atoms with Gasteiger partial charge in [-0.15, -0.1) is 0 Å². The molecule has 1 unspecified atom stereocenters. The normalized spacial score (nSPS) is 11.8. The minimum Gasteiger partial charge on any atom is -0.468 e. The Hall–Kier alpha value is -1.88. The van der Waals surface area contributed by atoms with E-state index in [0.717, 1.165) is 5.56 Å². The summed E-state index contributed by atoms with van der Waals surface area (Å²) in [6.07, 6.45) is 1.14. The molecular weight excluding hydrogens is 256 g/mol. The van der Waals surface area contributed by atoms with Crippen LogP contribution in [0.15, 0.2) is 30.3 Å². The molecule has 0 spiro atoms. The number of carbonyl (C=O) groups is 2. The van der Waals surface area contributed by atoms with Gasteiger partial charge in [0.1, 0.15) is 6.04 Å². The molecule has 0 fully saturated rings. The van der Waals surface area contributed by atoms with Gasteiger partial charge in [-0.05, 0) is 18.5 Å². The van der Waals surface area contributed by atoms with Crippen molar-refractivity contribution in [3.05, 3.63) is 35.9 Å². The fourth-order valence-corrected chi connectivity index (χ4v) is 1.81. The van der Waals surface area contributed by atoms with Gasteiger partial charge in [-0.1, -0.05) is 30.3 Å². The Labute approximate surface area is 119 Å². The summed E-state index contributed by atoms with van der Waals surface area (Å²) in [7, 11) is 4.84. The highest BCUT2D eigenvalue weighted by atomic mass is 16.5. The Morgan fingerprint density at radius 3 is 2.45 bits per heavy atom. The van der Waals surface area contributed by atoms with Crippen LogP contribution in [-0.4, -0.2) is 44.5 Å². The van der Waals surface area contributed by atoms with Crippen molar-refractivity contribution >= 4 is 11.9 Å². The Kier molecular flexibility index (Phi) is 6.73. The number of benzene rings is 1. The molecule has 0 saturated heterocycles. The zero-order valence-corrected chi connectivity index (χ0v) is 12.3. The number of hydrogen-bond donors (Lipinski definition) is 1. The van der Waals surface area contributed by atoms with Crippen molar-refractivity contribution in [2.24, 2.45) is 0 Å². The molecule has 1 aromatic rings. The van der Waals surface area contributed by atoms with Gasteiger partial charge in [-0.25, -0.2) is 4.79 Å². The summed E-state index contributed by atoms with van der Waals surface area (Å²) in [6.45, 7) is 0.578. The van der Waals surface area contributed by atoms with Crippen LogP contribution < -0.4 is 5.32 Å². The van der Waals surface area contributed by atoms with Crippen molar-refractivity contribution in [3.8, 4) is 0 Å². The minimum absolute atomic E-state index is 0.0844. The molecule has 1 N–H and O–H groups in total. The van der Waals surface area contributed by atoms with Gasteiger partial charge in [0.25, 0.3) is 0 Å². The zero-order chi connectivity index (χ0) is 15.0. The summed E-state index contributed by atoms with van der Waals surface area (Å²) >= 11 is 0. The van der Waals surface area contributed by atoms with Crippen LogP contribution in [0, 0.1) is 0 Å². The van der Waals surface area contributed by atoms with Gasteiger partial charge < -0.3 is 15.0 Å². The smallest absolute Gasteiger partial charge is 0.327 e. The Bertz CT molecular complexity index is 432. The summed E-state index contributed by atoms with van der Waals surface area (Å²) in [5.74, 6) is -0.240. The third-order valence-electron chi connectivity index (χ3n) is 2.98. The quantitative estimate of drug-likeness (QED) is 0.604. The van der Waals surface area contributed by atoms with Gasteiger partial charge in [0, 0.05) is 20.5 Å². The number of nitrogens with one attached hydrogen (secondary N) is 1. The first-order valence-electron chi connectivity index (χ1n) is 6.62. The second-order valence-corrected chi connectivity index (χ2v) is 4.71. The largest absolute Gasteiger partial charge is 0.468 e. The maximum absolute atomic E-state index is 11.8. The van der Waals surface area contributed by atoms with Crippen LogP contribution in [0.4, 0.5) is 0 Å². The van der Waals surface area contributed by atoms with Crippen molar-refractivity contribution in [1.29, 1.82) is 0 Å². The van der Waals surface area contributed by atoms with E-state index in [1.165, 1.54) is 7.11 Å². The predicted octanol–water partition coefficient (Wildman–Crippen LogP) is 1.36. The summed E-state index contributed by atoms with van der Waals surface area (Å²) in [6, 6.07) is 8.91. The molecular formula is C15H22N2O3. The SMILES string of the molecule is COC(=O)C(NCCCC(=O)N(C)C)c1ccccc1. The summed E-state index contributed by atoms with van der Waals surface area (Å²) in [5, 5.41) is 3.14. The molecule has 5 heteroatoms. The summed E-state index contributed by atoms with van der Waals surface area (Å²) in [5.41, 5.74) is 0.860. The molecule has 5 nitrogen and oxygen atoms in total. The highest BCUT2D eigenvalue weighted by molar-refractivity contribution is 5.77. The number of esters is 1. The molecule has 0 aromatic heterocycles. The van der Waals surface area contributed by atoms with E-state index in [2.05, 4.69) is 5.32 Å². The van der Waals surface area contributed by atoms with Crippen LogP contribution in [0.1, 0.15) is 24.4 Å². The topological polar surface area (TPSA) is 58.6 Å². The van der Waals surface area contributed by atoms with Gasteiger partial charge >= 0.3 is 5.97 Å². The van der Waals surface area contributed by atoms with Gasteiger partial charge in [-0.2, -0.15) is 0 Å². The monoisotopic (exact) mass is 278 g/mol. The lowest BCUT2D eigenvalue weighted by molar-refractivity contribution is -0.143. The van der Waals surface area contributed by atoms with Crippen LogP contribution in [-0.2, 0) is 14.3 Å². The van der Waals surface area contributed by atoms with E-state index >= 15 is 0 Å². The molecule has 0 aliphatic carbocycles. The van der Waals surface area contributed by atoms with E-state index in [1.807, 2.05) is 30.3 Å². The lowest BCUT2D eigenvalue weighted by atomic mass is 10.1. The van der Waals surface area contributed by atoms with Crippen molar-refractivity contribution < 1.29 is 14.3 Å². The van der Waals surface area contributed by atoms with Crippen molar-refractivity contribution in [2.45, 2.75) is 18.9 Å². The van der Waals surface area contributed by atoms with Crippen molar-refractivity contribution in [2.75, 3.05) is 27.7 Å². The molecule has 0 radical (unpaired) electrons. The van der Waals surface area contributed by atoms with Gasteiger partial charge in [0.05, 0.1) is 7.11 Å². The highest BCUT2D eigenvalue weighted by Crippen LogP contribution is 2.14. The molecule has 1 aromatic carbocycles. The molecule has 1 amide bonds. The third kappa shape index (κ3) is 5.01. The summed E-state index contributed by atoms with van der Waals surface area (Å²) < 4.78 is 4.81. The van der Waals surface area contributed by atoms with E-state index < -0.39 is 6.04 Å². The average Bonchev–Trinajstić information content (AvgIpc) is 2.47. The molecule has 0 bridgehead atoms. The van der Waals surface area contributed by atoms with Crippen LogP contribution in [0.2, 0.25) is 0 Å². The fraction of sp³-hybridized carbons (Fsp3) is 0.467. The molecule has 110 valence electrons. The van der Waals surface area contributed by atoms with Crippen LogP contribution in [0.5, 0.6) is 0 Å². The number of nitrogens with zero attached hydrogens (tertiary/aromatic N) is 1. The Morgan fingerprint density at radius 2 is 1.90 bits per heavy atom. The van der Waals surface area contributed by atoms with Crippen LogP contribution >= 0.6 is 0 Å². The number of amides is 1. The number of ether oxygens (including phenoxy) is 1.